The molecule has 106 valence electrons. The van der Waals surface area contributed by atoms with Crippen LogP contribution in [0.4, 0.5) is 15.8 Å². The molecule has 2 rings (SSSR count). The molecule has 20 heavy (non-hydrogen) atoms. The fourth-order valence-corrected chi connectivity index (χ4v) is 3.21. The number of sulfonamides is 1. The summed E-state index contributed by atoms with van der Waals surface area (Å²) in [5.74, 6) is -0.674. The number of hydrogen-bond acceptors (Lipinski definition) is 3. The first-order chi connectivity index (χ1) is 9.29. The van der Waals surface area contributed by atoms with Crippen molar-refractivity contribution in [2.75, 3.05) is 10.5 Å². The lowest BCUT2D eigenvalue weighted by Crippen LogP contribution is -2.15. The normalized spacial score (nSPS) is 11.3. The zero-order valence-corrected chi connectivity index (χ0v) is 12.0. The van der Waals surface area contributed by atoms with Crippen molar-refractivity contribution < 1.29 is 12.8 Å². The van der Waals surface area contributed by atoms with Crippen molar-refractivity contribution in [1.29, 1.82) is 0 Å². The van der Waals surface area contributed by atoms with Crippen LogP contribution in [0, 0.1) is 19.7 Å². The summed E-state index contributed by atoms with van der Waals surface area (Å²) in [6.45, 7) is 3.56. The minimum atomic E-state index is -3.85. The van der Waals surface area contributed by atoms with Gasteiger partial charge in [-0.2, -0.15) is 0 Å². The Morgan fingerprint density at radius 1 is 1.10 bits per heavy atom. The van der Waals surface area contributed by atoms with E-state index in [0.717, 1.165) is 11.6 Å². The van der Waals surface area contributed by atoms with Crippen LogP contribution in [0.5, 0.6) is 0 Å². The Balaban J connectivity index is 2.43. The van der Waals surface area contributed by atoms with Crippen molar-refractivity contribution in [3.8, 4) is 0 Å². The molecule has 0 unspecified atom stereocenters. The molecule has 4 nitrogen and oxygen atoms in total. The number of nitrogens with one attached hydrogen (secondary N) is 1. The van der Waals surface area contributed by atoms with E-state index < -0.39 is 15.8 Å². The van der Waals surface area contributed by atoms with Crippen LogP contribution in [-0.4, -0.2) is 8.42 Å². The topological polar surface area (TPSA) is 72.2 Å². The highest BCUT2D eigenvalue weighted by Crippen LogP contribution is 2.23. The second-order valence-electron chi connectivity index (χ2n) is 4.61. The van der Waals surface area contributed by atoms with Gasteiger partial charge in [-0.1, -0.05) is 17.7 Å². The van der Waals surface area contributed by atoms with Gasteiger partial charge in [-0.15, -0.1) is 0 Å². The van der Waals surface area contributed by atoms with Gasteiger partial charge in [-0.05, 0) is 43.7 Å². The molecule has 0 amide bonds. The number of nitrogens with two attached hydrogens (primary N) is 1. The molecule has 0 bridgehead atoms. The molecule has 0 aromatic heterocycles. The third-order valence-electron chi connectivity index (χ3n) is 2.85. The van der Waals surface area contributed by atoms with Crippen molar-refractivity contribution in [3.63, 3.8) is 0 Å². The Morgan fingerprint density at radius 3 is 2.45 bits per heavy atom. The van der Waals surface area contributed by atoms with E-state index in [9.17, 15) is 12.8 Å². The molecule has 0 heterocycles. The Labute approximate surface area is 117 Å². The van der Waals surface area contributed by atoms with Crippen LogP contribution in [0.15, 0.2) is 41.3 Å². The predicted octanol–water partition coefficient (Wildman–Crippen LogP) is 2.83. The molecule has 6 heteroatoms. The second-order valence-corrected chi connectivity index (χ2v) is 6.26. The predicted molar refractivity (Wildman–Crippen MR) is 77.5 cm³/mol. The molecular weight excluding hydrogens is 279 g/mol. The lowest BCUT2D eigenvalue weighted by molar-refractivity contribution is 0.598. The third kappa shape index (κ3) is 2.91. The van der Waals surface area contributed by atoms with Gasteiger partial charge >= 0.3 is 0 Å². The first kappa shape index (κ1) is 14.3. The lowest BCUT2D eigenvalue weighted by atomic mass is 10.2. The average molecular weight is 294 g/mol. The lowest BCUT2D eigenvalue weighted by Gasteiger charge is -2.12. The molecule has 2 aromatic rings. The maximum absolute atomic E-state index is 13.6. The van der Waals surface area contributed by atoms with Crippen LogP contribution >= 0.6 is 0 Å². The smallest absolute Gasteiger partial charge is 0.262 e. The molecule has 0 fully saturated rings. The summed E-state index contributed by atoms with van der Waals surface area (Å²) in [7, 11) is -3.85. The van der Waals surface area contributed by atoms with E-state index in [1.165, 1.54) is 18.2 Å². The minimum absolute atomic E-state index is 0.116. The van der Waals surface area contributed by atoms with E-state index in [-0.39, 0.29) is 16.3 Å². The molecule has 0 radical (unpaired) electrons. The summed E-state index contributed by atoms with van der Waals surface area (Å²) in [6, 6.07) is 8.68. The van der Waals surface area contributed by atoms with Crippen LogP contribution in [0.1, 0.15) is 11.1 Å². The Morgan fingerprint density at radius 2 is 1.80 bits per heavy atom. The van der Waals surface area contributed by atoms with E-state index in [4.69, 9.17) is 5.73 Å². The molecule has 2 aromatic carbocycles. The van der Waals surface area contributed by atoms with E-state index in [1.807, 2.05) is 6.92 Å². The van der Waals surface area contributed by atoms with Gasteiger partial charge < -0.3 is 5.73 Å². The van der Waals surface area contributed by atoms with Gasteiger partial charge in [0.05, 0.1) is 10.6 Å². The van der Waals surface area contributed by atoms with Gasteiger partial charge in [0, 0.05) is 5.69 Å². The van der Waals surface area contributed by atoms with Crippen molar-refractivity contribution in [2.45, 2.75) is 18.7 Å². The SMILES string of the molecule is Cc1ccc(S(=O)(=O)Nc2cc(N)ccc2F)c(C)c1. The number of hydrogen-bond donors (Lipinski definition) is 2. The summed E-state index contributed by atoms with van der Waals surface area (Å²) in [5.41, 5.74) is 7.21. The largest absolute Gasteiger partial charge is 0.399 e. The van der Waals surface area contributed by atoms with Crippen LogP contribution in [-0.2, 0) is 10.0 Å². The number of nitrogen functional groups attached to an aromatic ring is 1. The van der Waals surface area contributed by atoms with Gasteiger partial charge in [0.25, 0.3) is 10.0 Å². The van der Waals surface area contributed by atoms with Crippen molar-refractivity contribution in [2.24, 2.45) is 0 Å². The van der Waals surface area contributed by atoms with Crippen LogP contribution in [0.2, 0.25) is 0 Å². The Kier molecular flexibility index (Phi) is 3.67. The first-order valence-corrected chi connectivity index (χ1v) is 7.43. The maximum atomic E-state index is 13.6. The Hall–Kier alpha value is -2.08. The highest BCUT2D eigenvalue weighted by Gasteiger charge is 2.18. The molecule has 0 saturated carbocycles. The summed E-state index contributed by atoms with van der Waals surface area (Å²) < 4.78 is 40.4. The summed E-state index contributed by atoms with van der Waals surface area (Å²) in [5, 5.41) is 0. The van der Waals surface area contributed by atoms with Crippen molar-refractivity contribution in [1.82, 2.24) is 0 Å². The molecule has 0 aliphatic rings. The summed E-state index contributed by atoms with van der Waals surface area (Å²) in [6.07, 6.45) is 0. The molecule has 0 aliphatic carbocycles. The fourth-order valence-electron chi connectivity index (χ4n) is 1.92. The van der Waals surface area contributed by atoms with Gasteiger partial charge in [-0.25, -0.2) is 12.8 Å². The molecular formula is C14H15FN2O2S. The van der Waals surface area contributed by atoms with Gasteiger partial charge in [0.1, 0.15) is 5.82 Å². The summed E-state index contributed by atoms with van der Waals surface area (Å²) in [4.78, 5) is 0.116. The van der Waals surface area contributed by atoms with Gasteiger partial charge in [0.2, 0.25) is 0 Å². The second kappa shape index (κ2) is 5.13. The molecule has 3 N–H and O–H groups in total. The molecule has 0 saturated heterocycles. The van der Waals surface area contributed by atoms with E-state index in [2.05, 4.69) is 4.72 Å². The standard InChI is InChI=1S/C14H15FN2O2S/c1-9-3-6-14(10(2)7-9)20(18,19)17-13-8-11(16)4-5-12(13)15/h3-8,17H,16H2,1-2H3. The fraction of sp³-hybridized carbons (Fsp3) is 0.143. The van der Waals surface area contributed by atoms with Crippen LogP contribution in [0.25, 0.3) is 0 Å². The maximum Gasteiger partial charge on any atom is 0.262 e. The quantitative estimate of drug-likeness (QED) is 0.855. The molecule has 0 aliphatic heterocycles. The number of rotatable bonds is 3. The average Bonchev–Trinajstić information content (AvgIpc) is 2.33. The zero-order valence-electron chi connectivity index (χ0n) is 11.1. The number of benzene rings is 2. The van der Waals surface area contributed by atoms with E-state index in [1.54, 1.807) is 19.1 Å². The number of anilines is 2. The van der Waals surface area contributed by atoms with E-state index in [0.29, 0.717) is 5.56 Å². The third-order valence-corrected chi connectivity index (χ3v) is 4.38. The number of halogens is 1. The van der Waals surface area contributed by atoms with Crippen molar-refractivity contribution >= 4 is 21.4 Å². The van der Waals surface area contributed by atoms with E-state index >= 15 is 0 Å². The summed E-state index contributed by atoms with van der Waals surface area (Å²) >= 11 is 0. The first-order valence-electron chi connectivity index (χ1n) is 5.95. The highest BCUT2D eigenvalue weighted by atomic mass is 32.2. The van der Waals surface area contributed by atoms with Gasteiger partial charge in [-0.3, -0.25) is 4.72 Å². The zero-order chi connectivity index (χ0) is 14.9. The van der Waals surface area contributed by atoms with Gasteiger partial charge in [0.15, 0.2) is 0 Å². The van der Waals surface area contributed by atoms with Crippen molar-refractivity contribution in [3.05, 3.63) is 53.3 Å². The minimum Gasteiger partial charge on any atom is -0.399 e. The molecule has 0 spiro atoms. The van der Waals surface area contributed by atoms with Crippen LogP contribution in [0.3, 0.4) is 0 Å². The monoisotopic (exact) mass is 294 g/mol. The Bertz CT molecular complexity index is 758. The van der Waals surface area contributed by atoms with Crippen LogP contribution < -0.4 is 10.5 Å². The molecule has 0 atom stereocenters. The number of aryl methyl sites for hydroxylation is 2. The highest BCUT2D eigenvalue weighted by molar-refractivity contribution is 7.92.